The maximum Gasteiger partial charge on any atom is 0.336 e. The summed E-state index contributed by atoms with van der Waals surface area (Å²) in [5, 5.41) is 9.28. The summed E-state index contributed by atoms with van der Waals surface area (Å²) >= 11 is 0. The zero-order chi connectivity index (χ0) is 13.2. The number of hydrogen-bond donors (Lipinski definition) is 1. The zero-order valence-corrected chi connectivity index (χ0v) is 10.6. The van der Waals surface area contributed by atoms with E-state index in [-0.39, 0.29) is 0 Å². The Hall–Kier alpha value is -2.10. The number of nitrogens with zero attached hydrogens (tertiary/aromatic N) is 2. The topological polar surface area (TPSA) is 55.1 Å². The number of carboxylic acid groups (broad SMARTS) is 1. The number of imidazole rings is 1. The average Bonchev–Trinajstić information content (AvgIpc) is 3.09. The van der Waals surface area contributed by atoms with Gasteiger partial charge in [-0.3, -0.25) is 0 Å². The molecule has 1 saturated carbocycles. The SMILES string of the molecule is O=C(O)c1ccccc1-c1nccn1C1CCCC1. The van der Waals surface area contributed by atoms with Crippen molar-refractivity contribution in [3.8, 4) is 11.4 Å². The van der Waals surface area contributed by atoms with E-state index >= 15 is 0 Å². The van der Waals surface area contributed by atoms with Crippen molar-refractivity contribution in [3.63, 3.8) is 0 Å². The third-order valence-corrected chi connectivity index (χ3v) is 3.79. The Labute approximate surface area is 111 Å². The van der Waals surface area contributed by atoms with Gasteiger partial charge in [0.25, 0.3) is 0 Å². The predicted molar refractivity (Wildman–Crippen MR) is 72.1 cm³/mol. The molecule has 1 aliphatic carbocycles. The van der Waals surface area contributed by atoms with E-state index < -0.39 is 5.97 Å². The number of rotatable bonds is 3. The van der Waals surface area contributed by atoms with Gasteiger partial charge in [0, 0.05) is 24.0 Å². The molecular weight excluding hydrogens is 240 g/mol. The number of carbonyl (C=O) groups is 1. The van der Waals surface area contributed by atoms with Gasteiger partial charge in [-0.2, -0.15) is 0 Å². The summed E-state index contributed by atoms with van der Waals surface area (Å²) in [7, 11) is 0. The van der Waals surface area contributed by atoms with Gasteiger partial charge in [-0.15, -0.1) is 0 Å². The highest BCUT2D eigenvalue weighted by molar-refractivity contribution is 5.95. The van der Waals surface area contributed by atoms with Crippen LogP contribution in [0.4, 0.5) is 0 Å². The molecule has 1 aromatic heterocycles. The Balaban J connectivity index is 2.08. The molecule has 4 heteroatoms. The molecule has 1 aliphatic rings. The summed E-state index contributed by atoms with van der Waals surface area (Å²) in [6.07, 6.45) is 8.50. The van der Waals surface area contributed by atoms with E-state index in [1.807, 2.05) is 18.3 Å². The first-order chi connectivity index (χ1) is 9.27. The molecule has 19 heavy (non-hydrogen) atoms. The number of aromatic nitrogens is 2. The molecule has 0 amide bonds. The lowest BCUT2D eigenvalue weighted by Crippen LogP contribution is -2.08. The van der Waals surface area contributed by atoms with Crippen molar-refractivity contribution in [1.29, 1.82) is 0 Å². The van der Waals surface area contributed by atoms with Gasteiger partial charge in [-0.25, -0.2) is 9.78 Å². The quantitative estimate of drug-likeness (QED) is 0.916. The number of carboxylic acids is 1. The van der Waals surface area contributed by atoms with Gasteiger partial charge in [0.15, 0.2) is 0 Å². The standard InChI is InChI=1S/C15H16N2O2/c18-15(19)13-8-4-3-7-12(13)14-16-9-10-17(14)11-5-1-2-6-11/h3-4,7-11H,1-2,5-6H2,(H,18,19). The molecule has 1 heterocycles. The van der Waals surface area contributed by atoms with E-state index in [1.54, 1.807) is 18.3 Å². The van der Waals surface area contributed by atoms with Crippen molar-refractivity contribution in [1.82, 2.24) is 9.55 Å². The smallest absolute Gasteiger partial charge is 0.336 e. The lowest BCUT2D eigenvalue weighted by Gasteiger charge is -2.15. The second kappa shape index (κ2) is 4.88. The van der Waals surface area contributed by atoms with Crippen LogP contribution in [0.3, 0.4) is 0 Å². The fourth-order valence-corrected chi connectivity index (χ4v) is 2.86. The Morgan fingerprint density at radius 3 is 2.74 bits per heavy atom. The van der Waals surface area contributed by atoms with Crippen LogP contribution in [0.25, 0.3) is 11.4 Å². The Kier molecular flexibility index (Phi) is 3.07. The van der Waals surface area contributed by atoms with Crippen LogP contribution >= 0.6 is 0 Å². The minimum absolute atomic E-state index is 0.313. The third-order valence-electron chi connectivity index (χ3n) is 3.79. The maximum atomic E-state index is 11.3. The molecule has 1 N–H and O–H groups in total. The Morgan fingerprint density at radius 2 is 2.00 bits per heavy atom. The van der Waals surface area contributed by atoms with E-state index in [4.69, 9.17) is 0 Å². The molecule has 1 aromatic carbocycles. The lowest BCUT2D eigenvalue weighted by molar-refractivity contribution is 0.0697. The van der Waals surface area contributed by atoms with Crippen LogP contribution in [0.1, 0.15) is 42.1 Å². The Bertz CT molecular complexity index is 598. The molecular formula is C15H16N2O2. The molecule has 0 radical (unpaired) electrons. The van der Waals surface area contributed by atoms with Crippen molar-refractivity contribution in [2.75, 3.05) is 0 Å². The fourth-order valence-electron chi connectivity index (χ4n) is 2.86. The van der Waals surface area contributed by atoms with E-state index in [1.165, 1.54) is 12.8 Å². The van der Waals surface area contributed by atoms with Crippen molar-refractivity contribution < 1.29 is 9.90 Å². The minimum Gasteiger partial charge on any atom is -0.478 e. The summed E-state index contributed by atoms with van der Waals surface area (Å²) in [5.74, 6) is -0.138. The van der Waals surface area contributed by atoms with Crippen LogP contribution in [0.15, 0.2) is 36.7 Å². The van der Waals surface area contributed by atoms with Crippen molar-refractivity contribution in [2.45, 2.75) is 31.7 Å². The molecule has 2 aromatic rings. The van der Waals surface area contributed by atoms with Crippen LogP contribution in [0.2, 0.25) is 0 Å². The maximum absolute atomic E-state index is 11.3. The van der Waals surface area contributed by atoms with Gasteiger partial charge in [0.2, 0.25) is 0 Å². The Morgan fingerprint density at radius 1 is 1.26 bits per heavy atom. The molecule has 0 aliphatic heterocycles. The second-order valence-electron chi connectivity index (χ2n) is 4.95. The summed E-state index contributed by atoms with van der Waals surface area (Å²) in [5.41, 5.74) is 1.01. The third kappa shape index (κ3) is 2.14. The first kappa shape index (κ1) is 12.0. The largest absolute Gasteiger partial charge is 0.478 e. The van der Waals surface area contributed by atoms with Crippen molar-refractivity contribution in [3.05, 3.63) is 42.2 Å². The molecule has 3 rings (SSSR count). The van der Waals surface area contributed by atoms with Gasteiger partial charge < -0.3 is 9.67 Å². The van der Waals surface area contributed by atoms with Crippen LogP contribution in [0.5, 0.6) is 0 Å². The van der Waals surface area contributed by atoms with Crippen LogP contribution in [-0.4, -0.2) is 20.6 Å². The lowest BCUT2D eigenvalue weighted by atomic mass is 10.1. The molecule has 1 fully saturated rings. The van der Waals surface area contributed by atoms with Crippen LogP contribution in [0, 0.1) is 0 Å². The summed E-state index contributed by atoms with van der Waals surface area (Å²) in [4.78, 5) is 15.7. The highest BCUT2D eigenvalue weighted by Crippen LogP contribution is 2.33. The summed E-state index contributed by atoms with van der Waals surface area (Å²) in [6.45, 7) is 0. The molecule has 0 atom stereocenters. The first-order valence-corrected chi connectivity index (χ1v) is 6.63. The van der Waals surface area contributed by atoms with Gasteiger partial charge >= 0.3 is 5.97 Å². The van der Waals surface area contributed by atoms with E-state index in [2.05, 4.69) is 9.55 Å². The highest BCUT2D eigenvalue weighted by atomic mass is 16.4. The molecule has 0 saturated heterocycles. The van der Waals surface area contributed by atoms with E-state index in [0.717, 1.165) is 18.7 Å². The van der Waals surface area contributed by atoms with Gasteiger partial charge in [0.05, 0.1) is 5.56 Å². The second-order valence-corrected chi connectivity index (χ2v) is 4.95. The molecule has 0 bridgehead atoms. The monoisotopic (exact) mass is 256 g/mol. The summed E-state index contributed by atoms with van der Waals surface area (Å²) in [6, 6.07) is 7.52. The van der Waals surface area contributed by atoms with Gasteiger partial charge in [-0.1, -0.05) is 31.0 Å². The van der Waals surface area contributed by atoms with Crippen molar-refractivity contribution >= 4 is 5.97 Å². The fraction of sp³-hybridized carbons (Fsp3) is 0.333. The van der Waals surface area contributed by atoms with Crippen LogP contribution < -0.4 is 0 Å². The van der Waals surface area contributed by atoms with Gasteiger partial charge in [-0.05, 0) is 18.9 Å². The van der Waals surface area contributed by atoms with E-state index in [9.17, 15) is 9.90 Å². The number of aromatic carboxylic acids is 1. The van der Waals surface area contributed by atoms with E-state index in [0.29, 0.717) is 17.2 Å². The molecule has 0 spiro atoms. The normalized spacial score (nSPS) is 15.8. The molecule has 0 unspecified atom stereocenters. The molecule has 98 valence electrons. The van der Waals surface area contributed by atoms with Crippen LogP contribution in [-0.2, 0) is 0 Å². The average molecular weight is 256 g/mol. The summed E-state index contributed by atoms with van der Waals surface area (Å²) < 4.78 is 2.13. The number of hydrogen-bond acceptors (Lipinski definition) is 2. The first-order valence-electron chi connectivity index (χ1n) is 6.63. The van der Waals surface area contributed by atoms with Crippen molar-refractivity contribution in [2.24, 2.45) is 0 Å². The van der Waals surface area contributed by atoms with Gasteiger partial charge in [0.1, 0.15) is 5.82 Å². The molecule has 4 nitrogen and oxygen atoms in total. The highest BCUT2D eigenvalue weighted by Gasteiger charge is 2.22. The number of benzene rings is 1. The minimum atomic E-state index is -0.906. The zero-order valence-electron chi connectivity index (χ0n) is 10.6. The predicted octanol–water partition coefficient (Wildman–Crippen LogP) is 3.36.